The van der Waals surface area contributed by atoms with E-state index in [-0.39, 0.29) is 11.4 Å². The molecule has 0 spiro atoms. The molecule has 0 fully saturated rings. The van der Waals surface area contributed by atoms with Crippen LogP contribution in [0.3, 0.4) is 0 Å². The van der Waals surface area contributed by atoms with Gasteiger partial charge in [-0.05, 0) is 37.6 Å². The van der Waals surface area contributed by atoms with Crippen molar-refractivity contribution < 1.29 is 8.42 Å². The molecule has 5 nitrogen and oxygen atoms in total. The third-order valence-electron chi connectivity index (χ3n) is 2.72. The van der Waals surface area contributed by atoms with Gasteiger partial charge in [-0.25, -0.2) is 13.1 Å². The summed E-state index contributed by atoms with van der Waals surface area (Å²) in [6.45, 7) is 3.78. The lowest BCUT2D eigenvalue weighted by atomic mass is 10.2. The van der Waals surface area contributed by atoms with E-state index in [4.69, 9.17) is 0 Å². The van der Waals surface area contributed by atoms with Crippen LogP contribution < -0.4 is 4.72 Å². The summed E-state index contributed by atoms with van der Waals surface area (Å²) in [6, 6.07) is 4.89. The predicted octanol–water partition coefficient (Wildman–Crippen LogP) is 2.33. The van der Waals surface area contributed by atoms with Crippen LogP contribution in [0.5, 0.6) is 0 Å². The van der Waals surface area contributed by atoms with Crippen molar-refractivity contribution in [2.45, 2.75) is 25.3 Å². The van der Waals surface area contributed by atoms with Crippen LogP contribution in [-0.4, -0.2) is 18.4 Å². The number of sulfonamides is 1. The van der Waals surface area contributed by atoms with E-state index in [2.05, 4.69) is 30.6 Å². The summed E-state index contributed by atoms with van der Waals surface area (Å²) in [6.07, 6.45) is 3.16. The van der Waals surface area contributed by atoms with Gasteiger partial charge in [0.05, 0.1) is 29.0 Å². The molecule has 0 radical (unpaired) electrons. The zero-order valence-electron chi connectivity index (χ0n) is 11.1. The van der Waals surface area contributed by atoms with Gasteiger partial charge in [0, 0.05) is 10.7 Å². The molecule has 20 heavy (non-hydrogen) atoms. The Bertz CT molecular complexity index is 715. The minimum atomic E-state index is -3.55. The molecular weight excluding hydrogens is 342 g/mol. The van der Waals surface area contributed by atoms with Gasteiger partial charge < -0.3 is 0 Å². The summed E-state index contributed by atoms with van der Waals surface area (Å²) in [5.74, 6) is 0. The summed E-state index contributed by atoms with van der Waals surface area (Å²) in [4.78, 5) is 8.42. The van der Waals surface area contributed by atoms with E-state index in [1.807, 2.05) is 13.8 Å². The van der Waals surface area contributed by atoms with E-state index in [1.165, 1.54) is 0 Å². The van der Waals surface area contributed by atoms with Gasteiger partial charge in [0.1, 0.15) is 0 Å². The summed E-state index contributed by atoms with van der Waals surface area (Å²) >= 11 is 3.35. The number of benzene rings is 1. The quantitative estimate of drug-likeness (QED) is 0.913. The first kappa shape index (κ1) is 15.1. The van der Waals surface area contributed by atoms with Crippen molar-refractivity contribution in [1.82, 2.24) is 14.7 Å². The normalized spacial score (nSPS) is 11.6. The van der Waals surface area contributed by atoms with Gasteiger partial charge in [-0.3, -0.25) is 9.97 Å². The lowest BCUT2D eigenvalue weighted by molar-refractivity contribution is 0.580. The first-order valence-corrected chi connectivity index (χ1v) is 8.19. The second-order valence-electron chi connectivity index (χ2n) is 4.38. The predicted molar refractivity (Wildman–Crippen MR) is 79.7 cm³/mol. The maximum Gasteiger partial charge on any atom is 0.240 e. The molecule has 0 aliphatic rings. The SMILES string of the molecule is Cc1cnc(CNS(=O)(=O)c2ccc(Br)c(C)c2)cn1. The van der Waals surface area contributed by atoms with Crippen molar-refractivity contribution in [3.8, 4) is 0 Å². The van der Waals surface area contributed by atoms with E-state index in [9.17, 15) is 8.42 Å². The van der Waals surface area contributed by atoms with Crippen molar-refractivity contribution in [2.24, 2.45) is 0 Å². The van der Waals surface area contributed by atoms with Gasteiger partial charge in [0.2, 0.25) is 10.0 Å². The van der Waals surface area contributed by atoms with Crippen molar-refractivity contribution >= 4 is 26.0 Å². The Kier molecular flexibility index (Phi) is 4.52. The van der Waals surface area contributed by atoms with E-state index in [0.29, 0.717) is 5.69 Å². The first-order chi connectivity index (χ1) is 9.38. The van der Waals surface area contributed by atoms with Gasteiger partial charge in [0.25, 0.3) is 0 Å². The summed E-state index contributed by atoms with van der Waals surface area (Å²) in [7, 11) is -3.55. The molecule has 0 amide bonds. The van der Waals surface area contributed by atoms with E-state index in [0.717, 1.165) is 15.7 Å². The minimum Gasteiger partial charge on any atom is -0.258 e. The number of aryl methyl sites for hydroxylation is 2. The van der Waals surface area contributed by atoms with Crippen molar-refractivity contribution in [3.05, 3.63) is 52.0 Å². The molecule has 1 aromatic heterocycles. The number of rotatable bonds is 4. The fourth-order valence-electron chi connectivity index (χ4n) is 1.55. The molecule has 0 saturated heterocycles. The lowest BCUT2D eigenvalue weighted by Gasteiger charge is -2.08. The average molecular weight is 356 g/mol. The molecule has 2 rings (SSSR count). The molecule has 0 aliphatic heterocycles. The van der Waals surface area contributed by atoms with Crippen molar-refractivity contribution in [2.75, 3.05) is 0 Å². The zero-order valence-corrected chi connectivity index (χ0v) is 13.5. The van der Waals surface area contributed by atoms with E-state index in [1.54, 1.807) is 30.6 Å². The highest BCUT2D eigenvalue weighted by atomic mass is 79.9. The van der Waals surface area contributed by atoms with E-state index < -0.39 is 10.0 Å². The third kappa shape index (κ3) is 3.62. The number of hydrogen-bond donors (Lipinski definition) is 1. The van der Waals surface area contributed by atoms with Crippen molar-refractivity contribution in [3.63, 3.8) is 0 Å². The Balaban J connectivity index is 2.14. The van der Waals surface area contributed by atoms with Crippen LogP contribution in [0.4, 0.5) is 0 Å². The number of aromatic nitrogens is 2. The Morgan fingerprint density at radius 2 is 1.95 bits per heavy atom. The van der Waals surface area contributed by atoms with Gasteiger partial charge in [-0.15, -0.1) is 0 Å². The highest BCUT2D eigenvalue weighted by molar-refractivity contribution is 9.10. The van der Waals surface area contributed by atoms with Crippen molar-refractivity contribution in [1.29, 1.82) is 0 Å². The van der Waals surface area contributed by atoms with Crippen LogP contribution in [0, 0.1) is 13.8 Å². The smallest absolute Gasteiger partial charge is 0.240 e. The topological polar surface area (TPSA) is 72.0 Å². The van der Waals surface area contributed by atoms with Crippen LogP contribution in [0.2, 0.25) is 0 Å². The highest BCUT2D eigenvalue weighted by Gasteiger charge is 2.14. The summed E-state index contributed by atoms with van der Waals surface area (Å²) in [5, 5.41) is 0. The number of hydrogen-bond acceptors (Lipinski definition) is 4. The molecule has 1 aromatic carbocycles. The van der Waals surface area contributed by atoms with Crippen LogP contribution in [-0.2, 0) is 16.6 Å². The fourth-order valence-corrected chi connectivity index (χ4v) is 2.88. The lowest BCUT2D eigenvalue weighted by Crippen LogP contribution is -2.24. The van der Waals surface area contributed by atoms with Crippen LogP contribution in [0.15, 0.2) is 40.0 Å². The zero-order chi connectivity index (χ0) is 14.8. The van der Waals surface area contributed by atoms with Gasteiger partial charge in [-0.1, -0.05) is 15.9 Å². The Labute approximate surface area is 126 Å². The summed E-state index contributed by atoms with van der Waals surface area (Å²) < 4.78 is 27.7. The van der Waals surface area contributed by atoms with E-state index >= 15 is 0 Å². The second-order valence-corrected chi connectivity index (χ2v) is 7.01. The summed E-state index contributed by atoms with van der Waals surface area (Å²) in [5.41, 5.74) is 2.23. The Morgan fingerprint density at radius 3 is 2.55 bits per heavy atom. The fraction of sp³-hybridized carbons (Fsp3) is 0.231. The molecular formula is C13H14BrN3O2S. The molecule has 1 N–H and O–H groups in total. The number of nitrogens with one attached hydrogen (secondary N) is 1. The van der Waals surface area contributed by atoms with Gasteiger partial charge in [-0.2, -0.15) is 0 Å². The van der Waals surface area contributed by atoms with Crippen LogP contribution in [0.1, 0.15) is 17.0 Å². The molecule has 7 heteroatoms. The molecule has 0 atom stereocenters. The molecule has 1 heterocycles. The first-order valence-electron chi connectivity index (χ1n) is 5.92. The molecule has 0 aliphatic carbocycles. The molecule has 0 saturated carbocycles. The van der Waals surface area contributed by atoms with Gasteiger partial charge >= 0.3 is 0 Å². The van der Waals surface area contributed by atoms with Crippen LogP contribution in [0.25, 0.3) is 0 Å². The molecule has 2 aromatic rings. The number of nitrogens with zero attached hydrogens (tertiary/aromatic N) is 2. The molecule has 0 unspecified atom stereocenters. The Hall–Kier alpha value is -1.31. The maximum atomic E-state index is 12.2. The minimum absolute atomic E-state index is 0.116. The third-order valence-corrected chi connectivity index (χ3v) is 5.01. The second kappa shape index (κ2) is 5.99. The number of halogens is 1. The standard InChI is InChI=1S/C13H14BrN3O2S/c1-9-5-12(3-4-13(9)14)20(18,19)17-8-11-7-15-10(2)6-16-11/h3-7,17H,8H2,1-2H3. The highest BCUT2D eigenvalue weighted by Crippen LogP contribution is 2.19. The van der Waals surface area contributed by atoms with Crippen LogP contribution >= 0.6 is 15.9 Å². The molecule has 0 bridgehead atoms. The maximum absolute atomic E-state index is 12.2. The monoisotopic (exact) mass is 355 g/mol. The van der Waals surface area contributed by atoms with Gasteiger partial charge in [0.15, 0.2) is 0 Å². The average Bonchev–Trinajstić information content (AvgIpc) is 2.41. The largest absolute Gasteiger partial charge is 0.258 e. The Morgan fingerprint density at radius 1 is 1.20 bits per heavy atom. The molecule has 106 valence electrons.